The first-order valence-electron chi connectivity index (χ1n) is 5.59. The highest BCUT2D eigenvalue weighted by molar-refractivity contribution is 5.78. The molecule has 0 aliphatic carbocycles. The van der Waals surface area contributed by atoms with Crippen LogP contribution in [0.15, 0.2) is 4.52 Å². The van der Waals surface area contributed by atoms with Gasteiger partial charge >= 0.3 is 0 Å². The van der Waals surface area contributed by atoms with Gasteiger partial charge in [0.05, 0.1) is 6.42 Å². The van der Waals surface area contributed by atoms with E-state index < -0.39 is 0 Å². The fourth-order valence-corrected chi connectivity index (χ4v) is 1.80. The number of aromatic nitrogens is 2. The molecule has 1 aromatic rings. The third kappa shape index (κ3) is 2.57. The predicted molar refractivity (Wildman–Crippen MR) is 56.6 cm³/mol. The fraction of sp³-hybridized carbons (Fsp3) is 0.700. The van der Waals surface area contributed by atoms with Crippen molar-refractivity contribution in [2.45, 2.75) is 25.7 Å². The van der Waals surface area contributed by atoms with Crippen LogP contribution < -0.4 is 5.73 Å². The molecule has 16 heavy (non-hydrogen) atoms. The molecular weight excluding hydrogens is 208 g/mol. The van der Waals surface area contributed by atoms with Crippen LogP contribution in [-0.2, 0) is 17.6 Å². The van der Waals surface area contributed by atoms with Crippen LogP contribution in [-0.4, -0.2) is 40.6 Å². The molecule has 1 fully saturated rings. The van der Waals surface area contributed by atoms with E-state index in [9.17, 15) is 4.79 Å². The molecule has 1 saturated heterocycles. The number of carbonyl (C=O) groups excluding carboxylic acids is 1. The minimum atomic E-state index is 0.0811. The van der Waals surface area contributed by atoms with E-state index in [2.05, 4.69) is 10.1 Å². The van der Waals surface area contributed by atoms with Crippen LogP contribution in [0.1, 0.15) is 24.6 Å². The van der Waals surface area contributed by atoms with Gasteiger partial charge in [-0.05, 0) is 12.8 Å². The summed E-state index contributed by atoms with van der Waals surface area (Å²) in [6.45, 7) is 2.18. The Morgan fingerprint density at radius 2 is 2.19 bits per heavy atom. The molecule has 0 bridgehead atoms. The normalized spacial score (nSPS) is 15.7. The average molecular weight is 224 g/mol. The number of amides is 1. The van der Waals surface area contributed by atoms with E-state index in [1.54, 1.807) is 0 Å². The van der Waals surface area contributed by atoms with Crippen molar-refractivity contribution < 1.29 is 9.32 Å². The topological polar surface area (TPSA) is 85.2 Å². The molecule has 2 N–H and O–H groups in total. The van der Waals surface area contributed by atoms with E-state index in [0.717, 1.165) is 25.9 Å². The maximum absolute atomic E-state index is 11.8. The van der Waals surface area contributed by atoms with Gasteiger partial charge in [0.25, 0.3) is 0 Å². The minimum absolute atomic E-state index is 0.0811. The van der Waals surface area contributed by atoms with Crippen molar-refractivity contribution in [1.82, 2.24) is 15.0 Å². The Morgan fingerprint density at radius 1 is 1.44 bits per heavy atom. The molecule has 0 unspecified atom stereocenters. The van der Waals surface area contributed by atoms with Crippen molar-refractivity contribution in [3.63, 3.8) is 0 Å². The lowest BCUT2D eigenvalue weighted by Gasteiger charge is -2.13. The molecule has 88 valence electrons. The highest BCUT2D eigenvalue weighted by Crippen LogP contribution is 2.09. The van der Waals surface area contributed by atoms with Crippen LogP contribution in [0.3, 0.4) is 0 Å². The van der Waals surface area contributed by atoms with Gasteiger partial charge in [-0.2, -0.15) is 4.98 Å². The number of hydrogen-bond donors (Lipinski definition) is 1. The van der Waals surface area contributed by atoms with Crippen LogP contribution in [0.4, 0.5) is 0 Å². The molecule has 0 saturated carbocycles. The molecule has 1 aliphatic rings. The zero-order chi connectivity index (χ0) is 11.4. The van der Waals surface area contributed by atoms with Crippen molar-refractivity contribution in [2.24, 2.45) is 5.73 Å². The first-order chi connectivity index (χ1) is 7.79. The quantitative estimate of drug-likeness (QED) is 0.761. The first kappa shape index (κ1) is 11.1. The third-order valence-electron chi connectivity index (χ3n) is 2.64. The molecule has 2 heterocycles. The van der Waals surface area contributed by atoms with Gasteiger partial charge in [0, 0.05) is 26.1 Å². The van der Waals surface area contributed by atoms with Crippen LogP contribution in [0.2, 0.25) is 0 Å². The minimum Gasteiger partial charge on any atom is -0.342 e. The Hall–Kier alpha value is -1.43. The second kappa shape index (κ2) is 5.07. The summed E-state index contributed by atoms with van der Waals surface area (Å²) in [5, 5.41) is 3.76. The molecule has 6 heteroatoms. The van der Waals surface area contributed by atoms with Crippen LogP contribution in [0, 0.1) is 0 Å². The van der Waals surface area contributed by atoms with E-state index in [-0.39, 0.29) is 12.3 Å². The summed E-state index contributed by atoms with van der Waals surface area (Å²) in [6, 6.07) is 0. The number of nitrogens with zero attached hydrogens (tertiary/aromatic N) is 3. The summed E-state index contributed by atoms with van der Waals surface area (Å²) in [5.41, 5.74) is 5.37. The summed E-state index contributed by atoms with van der Waals surface area (Å²) in [5.74, 6) is 1.05. The molecule has 0 atom stereocenters. The van der Waals surface area contributed by atoms with Gasteiger partial charge in [-0.3, -0.25) is 4.79 Å². The van der Waals surface area contributed by atoms with Crippen molar-refractivity contribution in [3.05, 3.63) is 11.7 Å². The summed E-state index contributed by atoms with van der Waals surface area (Å²) < 4.78 is 4.96. The highest BCUT2D eigenvalue weighted by atomic mass is 16.5. The lowest BCUT2D eigenvalue weighted by Crippen LogP contribution is -2.29. The van der Waals surface area contributed by atoms with Gasteiger partial charge in [-0.1, -0.05) is 5.16 Å². The number of hydrogen-bond acceptors (Lipinski definition) is 5. The van der Waals surface area contributed by atoms with E-state index in [1.807, 2.05) is 4.90 Å². The second-order valence-corrected chi connectivity index (χ2v) is 3.91. The predicted octanol–water partition coefficient (Wildman–Crippen LogP) is -0.264. The number of rotatable bonds is 4. The Kier molecular flexibility index (Phi) is 3.51. The molecule has 0 spiro atoms. The number of likely N-dealkylation sites (tertiary alicyclic amines) is 1. The van der Waals surface area contributed by atoms with E-state index in [1.165, 1.54) is 0 Å². The van der Waals surface area contributed by atoms with Gasteiger partial charge in [0.1, 0.15) is 0 Å². The Bertz CT molecular complexity index is 357. The number of nitrogens with two attached hydrogens (primary N) is 1. The molecule has 1 aromatic heterocycles. The Morgan fingerprint density at radius 3 is 2.88 bits per heavy atom. The summed E-state index contributed by atoms with van der Waals surface area (Å²) >= 11 is 0. The van der Waals surface area contributed by atoms with Crippen molar-refractivity contribution in [3.8, 4) is 0 Å². The maximum atomic E-state index is 11.8. The Labute approximate surface area is 93.8 Å². The Balaban J connectivity index is 1.89. The van der Waals surface area contributed by atoms with E-state index in [4.69, 9.17) is 10.3 Å². The van der Waals surface area contributed by atoms with Gasteiger partial charge in [-0.25, -0.2) is 0 Å². The SMILES string of the molecule is NCCc1nc(CC(=O)N2CCCC2)no1. The zero-order valence-corrected chi connectivity index (χ0v) is 9.19. The zero-order valence-electron chi connectivity index (χ0n) is 9.19. The van der Waals surface area contributed by atoms with Crippen molar-refractivity contribution in [2.75, 3.05) is 19.6 Å². The van der Waals surface area contributed by atoms with Crippen LogP contribution in [0.5, 0.6) is 0 Å². The molecule has 2 rings (SSSR count). The third-order valence-corrected chi connectivity index (χ3v) is 2.64. The standard InChI is InChI=1S/C10H16N4O2/c11-4-3-9-12-8(13-16-9)7-10(15)14-5-1-2-6-14/h1-7,11H2. The summed E-state index contributed by atoms with van der Waals surface area (Å²) in [7, 11) is 0. The molecular formula is C10H16N4O2. The lowest BCUT2D eigenvalue weighted by molar-refractivity contribution is -0.129. The van der Waals surface area contributed by atoms with Crippen LogP contribution in [0.25, 0.3) is 0 Å². The van der Waals surface area contributed by atoms with E-state index >= 15 is 0 Å². The van der Waals surface area contributed by atoms with Crippen molar-refractivity contribution in [1.29, 1.82) is 0 Å². The van der Waals surface area contributed by atoms with E-state index in [0.29, 0.717) is 24.7 Å². The van der Waals surface area contributed by atoms with Gasteiger partial charge in [-0.15, -0.1) is 0 Å². The maximum Gasteiger partial charge on any atom is 0.230 e. The van der Waals surface area contributed by atoms with Crippen molar-refractivity contribution >= 4 is 5.91 Å². The lowest BCUT2D eigenvalue weighted by atomic mass is 10.3. The van der Waals surface area contributed by atoms with Gasteiger partial charge in [0.2, 0.25) is 11.8 Å². The van der Waals surface area contributed by atoms with Gasteiger partial charge < -0.3 is 15.2 Å². The van der Waals surface area contributed by atoms with Gasteiger partial charge in [0.15, 0.2) is 5.82 Å². The number of carbonyl (C=O) groups is 1. The summed E-state index contributed by atoms with van der Waals surface area (Å²) in [6.07, 6.45) is 2.98. The second-order valence-electron chi connectivity index (χ2n) is 3.91. The fourth-order valence-electron chi connectivity index (χ4n) is 1.80. The smallest absolute Gasteiger partial charge is 0.230 e. The molecule has 1 aliphatic heterocycles. The summed E-state index contributed by atoms with van der Waals surface area (Å²) in [4.78, 5) is 17.7. The van der Waals surface area contributed by atoms with Crippen LogP contribution >= 0.6 is 0 Å². The molecule has 1 amide bonds. The average Bonchev–Trinajstić information content (AvgIpc) is 2.89. The largest absolute Gasteiger partial charge is 0.342 e. The highest BCUT2D eigenvalue weighted by Gasteiger charge is 2.20. The molecule has 0 radical (unpaired) electrons. The first-order valence-corrected chi connectivity index (χ1v) is 5.59. The monoisotopic (exact) mass is 224 g/mol. The molecule has 6 nitrogen and oxygen atoms in total. The molecule has 0 aromatic carbocycles.